The van der Waals surface area contributed by atoms with Gasteiger partial charge < -0.3 is 4.74 Å². The Balaban J connectivity index is 2.69. The van der Waals surface area contributed by atoms with Gasteiger partial charge >= 0.3 is 5.97 Å². The zero-order chi connectivity index (χ0) is 9.59. The first-order valence-corrected chi connectivity index (χ1v) is 5.52. The van der Waals surface area contributed by atoms with Crippen molar-refractivity contribution in [3.05, 3.63) is 32.8 Å². The second-order valence-electron chi connectivity index (χ2n) is 2.57. The zero-order valence-corrected chi connectivity index (χ0v) is 10.1. The van der Waals surface area contributed by atoms with Gasteiger partial charge in [-0.2, -0.15) is 0 Å². The highest BCUT2D eigenvalue weighted by molar-refractivity contribution is 9.10. The van der Waals surface area contributed by atoms with Crippen LogP contribution >= 0.6 is 43.5 Å². The van der Waals surface area contributed by atoms with E-state index in [0.29, 0.717) is 10.6 Å². The van der Waals surface area contributed by atoms with Gasteiger partial charge in [-0.25, -0.2) is 4.79 Å². The maximum atomic E-state index is 11.3. The largest absolute Gasteiger partial charge is 0.442 e. The molecule has 1 unspecified atom stereocenters. The predicted octanol–water partition coefficient (Wildman–Crippen LogP) is 3.67. The number of cyclic esters (lactones) is 1. The fourth-order valence-electron chi connectivity index (χ4n) is 1.20. The Morgan fingerprint density at radius 1 is 1.46 bits per heavy atom. The van der Waals surface area contributed by atoms with E-state index in [1.54, 1.807) is 6.07 Å². The van der Waals surface area contributed by atoms with Crippen molar-refractivity contribution in [2.75, 3.05) is 0 Å². The van der Waals surface area contributed by atoms with E-state index in [0.717, 1.165) is 10.0 Å². The number of esters is 1. The topological polar surface area (TPSA) is 26.3 Å². The van der Waals surface area contributed by atoms with E-state index in [4.69, 9.17) is 16.3 Å². The number of halogens is 3. The highest BCUT2D eigenvalue weighted by atomic mass is 79.9. The van der Waals surface area contributed by atoms with Crippen LogP contribution < -0.4 is 0 Å². The molecule has 1 aromatic rings. The molecule has 0 N–H and O–H groups in total. The molecular formula is C8H3Br2ClO2. The van der Waals surface area contributed by atoms with Gasteiger partial charge in [0.05, 0.1) is 10.6 Å². The lowest BCUT2D eigenvalue weighted by Gasteiger charge is -2.01. The lowest BCUT2D eigenvalue weighted by molar-refractivity contribution is 0.0530. The van der Waals surface area contributed by atoms with Crippen LogP contribution in [0.3, 0.4) is 0 Å². The van der Waals surface area contributed by atoms with Crippen molar-refractivity contribution in [3.8, 4) is 0 Å². The number of carbonyl (C=O) groups excluding carboxylic acids is 1. The molecule has 13 heavy (non-hydrogen) atoms. The van der Waals surface area contributed by atoms with Crippen LogP contribution in [0.15, 0.2) is 16.6 Å². The summed E-state index contributed by atoms with van der Waals surface area (Å²) in [4.78, 5) is 11.3. The SMILES string of the molecule is O=C1OC(Br)c2cc(Br)cc(Cl)c21. The maximum absolute atomic E-state index is 11.3. The van der Waals surface area contributed by atoms with Crippen molar-refractivity contribution in [1.82, 2.24) is 0 Å². The molecule has 1 heterocycles. The number of carbonyl (C=O) groups is 1. The van der Waals surface area contributed by atoms with Crippen LogP contribution in [0.2, 0.25) is 5.02 Å². The Morgan fingerprint density at radius 2 is 2.15 bits per heavy atom. The summed E-state index contributed by atoms with van der Waals surface area (Å²) in [6.07, 6.45) is 0. The quantitative estimate of drug-likeness (QED) is 0.537. The lowest BCUT2D eigenvalue weighted by Crippen LogP contribution is -1.94. The number of benzene rings is 1. The Hall–Kier alpha value is -0.0600. The van der Waals surface area contributed by atoms with E-state index in [-0.39, 0.29) is 11.0 Å². The van der Waals surface area contributed by atoms with E-state index >= 15 is 0 Å². The highest BCUT2D eigenvalue weighted by Gasteiger charge is 2.31. The first-order valence-electron chi connectivity index (χ1n) is 3.43. The molecule has 68 valence electrons. The average Bonchev–Trinajstić information content (AvgIpc) is 2.27. The first kappa shape index (κ1) is 9.49. The van der Waals surface area contributed by atoms with Gasteiger partial charge in [-0.3, -0.25) is 0 Å². The Morgan fingerprint density at radius 3 is 2.85 bits per heavy atom. The molecule has 0 aromatic heterocycles. The molecule has 2 nitrogen and oxygen atoms in total. The molecule has 0 fully saturated rings. The lowest BCUT2D eigenvalue weighted by atomic mass is 10.1. The molecule has 5 heteroatoms. The summed E-state index contributed by atoms with van der Waals surface area (Å²) in [5, 5.41) is 0.0290. The van der Waals surface area contributed by atoms with Crippen LogP contribution in [-0.4, -0.2) is 5.97 Å². The summed E-state index contributed by atoms with van der Waals surface area (Å²) in [6.45, 7) is 0. The van der Waals surface area contributed by atoms with Crippen LogP contribution in [0.4, 0.5) is 0 Å². The normalized spacial score (nSPS) is 19.9. The smallest absolute Gasteiger partial charge is 0.341 e. The molecule has 0 saturated heterocycles. The molecular weight excluding hydrogens is 323 g/mol. The minimum atomic E-state index is -0.384. The van der Waals surface area contributed by atoms with Crippen LogP contribution in [-0.2, 0) is 4.74 Å². The van der Waals surface area contributed by atoms with Crippen LogP contribution in [0.1, 0.15) is 20.9 Å². The number of hydrogen-bond donors (Lipinski definition) is 0. The van der Waals surface area contributed by atoms with Gasteiger partial charge in [0.2, 0.25) is 0 Å². The van der Waals surface area contributed by atoms with Gasteiger partial charge in [0.1, 0.15) is 0 Å². The van der Waals surface area contributed by atoms with Crippen molar-refractivity contribution in [2.24, 2.45) is 0 Å². The molecule has 1 aliphatic rings. The standard InChI is InChI=1S/C8H3Br2ClO2/c9-3-1-4-6(5(11)2-3)8(12)13-7(4)10/h1-2,7H. The molecule has 0 amide bonds. The summed E-state index contributed by atoms with van der Waals surface area (Å²) in [6, 6.07) is 3.48. The van der Waals surface area contributed by atoms with Crippen molar-refractivity contribution in [3.63, 3.8) is 0 Å². The predicted molar refractivity (Wildman–Crippen MR) is 56.2 cm³/mol. The van der Waals surface area contributed by atoms with Gasteiger partial charge in [-0.15, -0.1) is 0 Å². The maximum Gasteiger partial charge on any atom is 0.341 e. The minimum Gasteiger partial charge on any atom is -0.442 e. The third-order valence-electron chi connectivity index (χ3n) is 1.74. The molecule has 2 rings (SSSR count). The molecule has 0 saturated carbocycles. The fraction of sp³-hybridized carbons (Fsp3) is 0.125. The second-order valence-corrected chi connectivity index (χ2v) is 4.73. The van der Waals surface area contributed by atoms with Crippen molar-refractivity contribution >= 4 is 49.4 Å². The van der Waals surface area contributed by atoms with E-state index in [9.17, 15) is 4.79 Å². The third kappa shape index (κ3) is 1.51. The van der Waals surface area contributed by atoms with Gasteiger partial charge in [0.15, 0.2) is 5.01 Å². The molecule has 0 radical (unpaired) electrons. The van der Waals surface area contributed by atoms with E-state index < -0.39 is 0 Å². The summed E-state index contributed by atoms with van der Waals surface area (Å²) in [5.41, 5.74) is 1.22. The number of rotatable bonds is 0. The number of hydrogen-bond acceptors (Lipinski definition) is 2. The van der Waals surface area contributed by atoms with Gasteiger partial charge in [0.25, 0.3) is 0 Å². The van der Waals surface area contributed by atoms with Gasteiger partial charge in [-0.05, 0) is 28.1 Å². The monoisotopic (exact) mass is 324 g/mol. The molecule has 0 bridgehead atoms. The summed E-state index contributed by atoms with van der Waals surface area (Å²) < 4.78 is 5.77. The Bertz CT molecular complexity index is 392. The van der Waals surface area contributed by atoms with Crippen LogP contribution in [0.5, 0.6) is 0 Å². The van der Waals surface area contributed by atoms with Crippen molar-refractivity contribution in [1.29, 1.82) is 0 Å². The summed E-state index contributed by atoms with van der Waals surface area (Å²) >= 11 is 12.4. The number of ether oxygens (including phenoxy) is 1. The van der Waals surface area contributed by atoms with Crippen molar-refractivity contribution in [2.45, 2.75) is 5.01 Å². The molecule has 1 aromatic carbocycles. The van der Waals surface area contributed by atoms with Crippen molar-refractivity contribution < 1.29 is 9.53 Å². The van der Waals surface area contributed by atoms with E-state index in [1.165, 1.54) is 0 Å². The molecule has 0 spiro atoms. The summed E-state index contributed by atoms with van der Waals surface area (Å²) in [5.74, 6) is -0.380. The Labute approximate surface area is 96.5 Å². The summed E-state index contributed by atoms with van der Waals surface area (Å²) in [7, 11) is 0. The first-order chi connectivity index (χ1) is 6.09. The molecule has 0 aliphatic carbocycles. The number of fused-ring (bicyclic) bond motifs is 1. The fourth-order valence-corrected chi connectivity index (χ4v) is 2.65. The second kappa shape index (κ2) is 3.26. The van der Waals surface area contributed by atoms with Crippen LogP contribution in [0, 0.1) is 0 Å². The minimum absolute atomic E-state index is 0.380. The Kier molecular flexibility index (Phi) is 2.38. The van der Waals surface area contributed by atoms with E-state index in [1.807, 2.05) is 6.07 Å². The number of alkyl halides is 1. The average molecular weight is 326 g/mol. The van der Waals surface area contributed by atoms with Crippen LogP contribution in [0.25, 0.3) is 0 Å². The van der Waals surface area contributed by atoms with E-state index in [2.05, 4.69) is 31.9 Å². The molecule has 1 atom stereocenters. The third-order valence-corrected chi connectivity index (χ3v) is 3.18. The zero-order valence-electron chi connectivity index (χ0n) is 6.18. The highest BCUT2D eigenvalue weighted by Crippen LogP contribution is 2.40. The van der Waals surface area contributed by atoms with Gasteiger partial charge in [-0.1, -0.05) is 27.5 Å². The molecule has 1 aliphatic heterocycles. The van der Waals surface area contributed by atoms with Gasteiger partial charge in [0, 0.05) is 10.0 Å².